The van der Waals surface area contributed by atoms with Gasteiger partial charge in [-0.25, -0.2) is 0 Å². The molecule has 0 fully saturated rings. The van der Waals surface area contributed by atoms with Gasteiger partial charge in [0.05, 0.1) is 0 Å². The Bertz CT molecular complexity index is 215. The topological polar surface area (TPSA) is 0 Å². The van der Waals surface area contributed by atoms with E-state index in [1.807, 2.05) is 12.2 Å². The van der Waals surface area contributed by atoms with Crippen LogP contribution in [0.1, 0.15) is 57.8 Å². The van der Waals surface area contributed by atoms with Crippen molar-refractivity contribution in [2.24, 2.45) is 0 Å². The summed E-state index contributed by atoms with van der Waals surface area (Å²) < 4.78 is 0. The van der Waals surface area contributed by atoms with Gasteiger partial charge in [0.1, 0.15) is 0 Å². The van der Waals surface area contributed by atoms with Gasteiger partial charge >= 0.3 is 0 Å². The Morgan fingerprint density at radius 1 is 0.667 bits per heavy atom. The molecule has 0 aromatic carbocycles. The normalized spacial score (nSPS) is 11.4. The molecule has 0 N–H and O–H groups in total. The molecule has 0 bridgehead atoms. The molecule has 0 spiro atoms. The molecule has 0 radical (unpaired) electrons. The number of hydrogen-bond acceptors (Lipinski definition) is 0. The SMILES string of the molecule is C=CCCCCCCC[Si](Cl)(Cl)CCCCC=C. The highest BCUT2D eigenvalue weighted by atomic mass is 35.7. The minimum absolute atomic E-state index is 1.04. The highest BCUT2D eigenvalue weighted by Crippen LogP contribution is 2.30. The zero-order valence-corrected chi connectivity index (χ0v) is 14.1. The summed E-state index contributed by atoms with van der Waals surface area (Å²) in [7, 11) is 0. The van der Waals surface area contributed by atoms with Crippen LogP contribution in [0.3, 0.4) is 0 Å². The van der Waals surface area contributed by atoms with Crippen molar-refractivity contribution in [3.63, 3.8) is 0 Å². The Morgan fingerprint density at radius 3 is 1.61 bits per heavy atom. The number of rotatable bonds is 13. The zero-order valence-electron chi connectivity index (χ0n) is 11.6. The first-order valence-corrected chi connectivity index (χ1v) is 11.7. The Kier molecular flexibility index (Phi) is 12.5. The molecule has 0 unspecified atom stereocenters. The van der Waals surface area contributed by atoms with Gasteiger partial charge < -0.3 is 0 Å². The third-order valence-electron chi connectivity index (χ3n) is 3.15. The van der Waals surface area contributed by atoms with E-state index in [2.05, 4.69) is 13.2 Å². The molecule has 3 heteroatoms. The van der Waals surface area contributed by atoms with E-state index >= 15 is 0 Å². The molecule has 0 saturated carbocycles. The summed E-state index contributed by atoms with van der Waals surface area (Å²) in [6, 6.07) is 2.10. The van der Waals surface area contributed by atoms with Gasteiger partial charge in [0, 0.05) is 0 Å². The quantitative estimate of drug-likeness (QED) is 0.152. The lowest BCUT2D eigenvalue weighted by Gasteiger charge is -2.16. The van der Waals surface area contributed by atoms with Crippen LogP contribution in [0.2, 0.25) is 12.1 Å². The second-order valence-electron chi connectivity index (χ2n) is 4.99. The predicted molar refractivity (Wildman–Crippen MR) is 89.0 cm³/mol. The van der Waals surface area contributed by atoms with Crippen molar-refractivity contribution < 1.29 is 0 Å². The maximum Gasteiger partial charge on any atom is 0.251 e. The average Bonchev–Trinajstić information content (AvgIpc) is 2.34. The molecular weight excluding hydrogens is 279 g/mol. The summed E-state index contributed by atoms with van der Waals surface area (Å²) in [6.45, 7) is 5.52. The van der Waals surface area contributed by atoms with E-state index in [9.17, 15) is 0 Å². The Morgan fingerprint density at radius 2 is 1.06 bits per heavy atom. The molecule has 0 rings (SSSR count). The zero-order chi connectivity index (χ0) is 13.7. The van der Waals surface area contributed by atoms with Crippen molar-refractivity contribution >= 4 is 28.9 Å². The van der Waals surface area contributed by atoms with Gasteiger partial charge in [0.15, 0.2) is 0 Å². The first-order valence-electron chi connectivity index (χ1n) is 7.22. The fourth-order valence-corrected chi connectivity index (χ4v) is 5.39. The van der Waals surface area contributed by atoms with Crippen molar-refractivity contribution in [3.8, 4) is 0 Å². The van der Waals surface area contributed by atoms with Crippen LogP contribution in [-0.4, -0.2) is 6.69 Å². The Labute approximate surface area is 124 Å². The standard InChI is InChI=1S/C15H28Cl2Si/c1-3-5-7-9-10-11-13-15-18(16,17)14-12-8-6-4-2/h3-4H,1-2,5-15H2. The van der Waals surface area contributed by atoms with Crippen LogP contribution in [0.5, 0.6) is 0 Å². The number of allylic oxidation sites excluding steroid dienone is 2. The van der Waals surface area contributed by atoms with Gasteiger partial charge in [0.25, 0.3) is 6.69 Å². The molecular formula is C15H28Cl2Si. The summed E-state index contributed by atoms with van der Waals surface area (Å²) in [6.07, 6.45) is 14.9. The maximum atomic E-state index is 6.44. The lowest BCUT2D eigenvalue weighted by Crippen LogP contribution is -2.18. The molecule has 0 heterocycles. The van der Waals surface area contributed by atoms with Gasteiger partial charge in [-0.15, -0.1) is 35.3 Å². The molecule has 0 aliphatic carbocycles. The summed E-state index contributed by atoms with van der Waals surface area (Å²) in [5, 5.41) is 0. The molecule has 0 amide bonds. The summed E-state index contributed by atoms with van der Waals surface area (Å²) in [5.41, 5.74) is 0. The lowest BCUT2D eigenvalue weighted by atomic mass is 10.1. The predicted octanol–water partition coefficient (Wildman–Crippen LogP) is 6.79. The van der Waals surface area contributed by atoms with Crippen molar-refractivity contribution in [1.82, 2.24) is 0 Å². The smallest absolute Gasteiger partial charge is 0.146 e. The van der Waals surface area contributed by atoms with Crippen molar-refractivity contribution in [2.45, 2.75) is 69.9 Å². The van der Waals surface area contributed by atoms with Gasteiger partial charge in [-0.2, -0.15) is 0 Å². The lowest BCUT2D eigenvalue weighted by molar-refractivity contribution is 0.635. The molecule has 0 aromatic rings. The van der Waals surface area contributed by atoms with E-state index in [1.54, 1.807) is 0 Å². The molecule has 0 atom stereocenters. The largest absolute Gasteiger partial charge is 0.251 e. The molecule has 18 heavy (non-hydrogen) atoms. The number of halogens is 2. The Hall–Kier alpha value is 0.277. The van der Waals surface area contributed by atoms with Crippen LogP contribution in [0, 0.1) is 0 Å². The van der Waals surface area contributed by atoms with Crippen molar-refractivity contribution in [2.75, 3.05) is 0 Å². The average molecular weight is 307 g/mol. The van der Waals surface area contributed by atoms with Crippen LogP contribution < -0.4 is 0 Å². The fourth-order valence-electron chi connectivity index (χ4n) is 2.00. The third kappa shape index (κ3) is 12.7. The minimum atomic E-state index is -1.93. The third-order valence-corrected chi connectivity index (χ3v) is 7.59. The van der Waals surface area contributed by atoms with Gasteiger partial charge in [0.2, 0.25) is 0 Å². The second kappa shape index (κ2) is 12.3. The fraction of sp³-hybridized carbons (Fsp3) is 0.733. The highest BCUT2D eigenvalue weighted by Gasteiger charge is 2.26. The molecule has 106 valence electrons. The van der Waals surface area contributed by atoms with Gasteiger partial charge in [-0.05, 0) is 31.4 Å². The first-order chi connectivity index (χ1) is 8.62. The molecule has 0 saturated heterocycles. The summed E-state index contributed by atoms with van der Waals surface area (Å²) in [4.78, 5) is 0. The van der Waals surface area contributed by atoms with E-state index < -0.39 is 6.69 Å². The summed E-state index contributed by atoms with van der Waals surface area (Å²) >= 11 is 12.9. The van der Waals surface area contributed by atoms with Crippen LogP contribution >= 0.6 is 22.2 Å². The number of hydrogen-bond donors (Lipinski definition) is 0. The minimum Gasteiger partial charge on any atom is -0.146 e. The molecule has 0 aliphatic rings. The van der Waals surface area contributed by atoms with Crippen molar-refractivity contribution in [3.05, 3.63) is 25.3 Å². The Balaban J connectivity index is 3.39. The van der Waals surface area contributed by atoms with Crippen LogP contribution in [0.4, 0.5) is 0 Å². The summed E-state index contributed by atoms with van der Waals surface area (Å²) in [5.74, 6) is 0. The van der Waals surface area contributed by atoms with E-state index in [0.29, 0.717) is 0 Å². The molecule has 0 nitrogen and oxygen atoms in total. The van der Waals surface area contributed by atoms with Crippen LogP contribution in [-0.2, 0) is 0 Å². The first kappa shape index (κ1) is 18.3. The van der Waals surface area contributed by atoms with Gasteiger partial charge in [-0.1, -0.05) is 50.7 Å². The van der Waals surface area contributed by atoms with Crippen molar-refractivity contribution in [1.29, 1.82) is 0 Å². The maximum absolute atomic E-state index is 6.44. The molecule has 0 aromatic heterocycles. The van der Waals surface area contributed by atoms with Crippen LogP contribution in [0.25, 0.3) is 0 Å². The van der Waals surface area contributed by atoms with E-state index in [4.69, 9.17) is 22.2 Å². The van der Waals surface area contributed by atoms with E-state index in [1.165, 1.54) is 38.5 Å². The van der Waals surface area contributed by atoms with Crippen LogP contribution in [0.15, 0.2) is 25.3 Å². The number of unbranched alkanes of at least 4 members (excludes halogenated alkanes) is 7. The monoisotopic (exact) mass is 306 g/mol. The van der Waals surface area contributed by atoms with Gasteiger partial charge in [-0.3, -0.25) is 0 Å². The highest BCUT2D eigenvalue weighted by molar-refractivity contribution is 7.45. The second-order valence-corrected chi connectivity index (χ2v) is 12.6. The van der Waals surface area contributed by atoms with E-state index in [0.717, 1.165) is 31.4 Å². The van der Waals surface area contributed by atoms with E-state index in [-0.39, 0.29) is 0 Å². The molecule has 0 aliphatic heterocycles.